The highest BCUT2D eigenvalue weighted by Crippen LogP contribution is 2.19. The van der Waals surface area contributed by atoms with Gasteiger partial charge >= 0.3 is 0 Å². The van der Waals surface area contributed by atoms with Crippen molar-refractivity contribution in [3.05, 3.63) is 74.6 Å². The van der Waals surface area contributed by atoms with Gasteiger partial charge < -0.3 is 10.1 Å². The quantitative estimate of drug-likeness (QED) is 0.600. The van der Waals surface area contributed by atoms with E-state index in [2.05, 4.69) is 15.5 Å². The monoisotopic (exact) mass is 422 g/mol. The van der Waals surface area contributed by atoms with Crippen molar-refractivity contribution in [2.75, 3.05) is 11.6 Å². The number of benzene rings is 2. The van der Waals surface area contributed by atoms with Crippen molar-refractivity contribution in [1.29, 1.82) is 0 Å². The maximum atomic E-state index is 12.8. The van der Waals surface area contributed by atoms with Crippen LogP contribution >= 0.6 is 35.0 Å². The Bertz CT molecular complexity index is 980. The van der Waals surface area contributed by atoms with Gasteiger partial charge in [-0.1, -0.05) is 29.3 Å². The summed E-state index contributed by atoms with van der Waals surface area (Å²) in [5, 5.41) is 12.5. The molecule has 0 radical (unpaired) electrons. The SMILES string of the molecule is CSCn1c(Nc2cccc(Cl)c2)nnc(COc2ccc(Cl)cc2)c1=O. The third kappa shape index (κ3) is 5.15. The Labute approximate surface area is 170 Å². The summed E-state index contributed by atoms with van der Waals surface area (Å²) in [5.74, 6) is 1.36. The van der Waals surface area contributed by atoms with Crippen molar-refractivity contribution in [2.24, 2.45) is 0 Å². The number of thioether (sulfide) groups is 1. The average Bonchev–Trinajstić information content (AvgIpc) is 2.65. The predicted molar refractivity (Wildman–Crippen MR) is 110 cm³/mol. The molecule has 1 aromatic heterocycles. The lowest BCUT2D eigenvalue weighted by Gasteiger charge is -2.13. The van der Waals surface area contributed by atoms with Gasteiger partial charge in [-0.05, 0) is 48.7 Å². The van der Waals surface area contributed by atoms with Crippen LogP contribution in [-0.4, -0.2) is 21.0 Å². The molecule has 0 aliphatic heterocycles. The van der Waals surface area contributed by atoms with E-state index in [1.807, 2.05) is 18.4 Å². The summed E-state index contributed by atoms with van der Waals surface area (Å²) >= 11 is 13.4. The molecule has 0 unspecified atom stereocenters. The van der Waals surface area contributed by atoms with Crippen molar-refractivity contribution in [3.8, 4) is 5.75 Å². The molecule has 9 heteroatoms. The van der Waals surface area contributed by atoms with E-state index in [-0.39, 0.29) is 17.9 Å². The molecule has 0 spiro atoms. The molecule has 3 aromatic rings. The van der Waals surface area contributed by atoms with E-state index < -0.39 is 0 Å². The van der Waals surface area contributed by atoms with Crippen molar-refractivity contribution >= 4 is 46.6 Å². The van der Waals surface area contributed by atoms with E-state index in [1.54, 1.807) is 36.4 Å². The molecule has 3 rings (SSSR count). The van der Waals surface area contributed by atoms with Gasteiger partial charge in [-0.15, -0.1) is 22.0 Å². The third-order valence-corrected chi connectivity index (χ3v) is 4.54. The molecular formula is C18H16Cl2N4O2S. The summed E-state index contributed by atoms with van der Waals surface area (Å²) in [7, 11) is 0. The Hall–Kier alpha value is -2.22. The molecule has 0 aliphatic rings. The van der Waals surface area contributed by atoms with E-state index in [0.29, 0.717) is 27.6 Å². The van der Waals surface area contributed by atoms with Crippen LogP contribution in [0.15, 0.2) is 53.3 Å². The minimum absolute atomic E-state index is 0.0132. The second-order valence-electron chi connectivity index (χ2n) is 5.50. The number of hydrogen-bond donors (Lipinski definition) is 1. The molecule has 27 heavy (non-hydrogen) atoms. The first-order valence-corrected chi connectivity index (χ1v) is 10.1. The van der Waals surface area contributed by atoms with Crippen LogP contribution in [0.25, 0.3) is 0 Å². The zero-order valence-electron chi connectivity index (χ0n) is 14.4. The molecule has 6 nitrogen and oxygen atoms in total. The number of anilines is 2. The molecule has 1 N–H and O–H groups in total. The molecule has 0 atom stereocenters. The van der Waals surface area contributed by atoms with Crippen molar-refractivity contribution < 1.29 is 4.74 Å². The summed E-state index contributed by atoms with van der Waals surface area (Å²) in [6, 6.07) is 14.0. The Morgan fingerprint density at radius 3 is 2.59 bits per heavy atom. The van der Waals surface area contributed by atoms with E-state index >= 15 is 0 Å². The van der Waals surface area contributed by atoms with Crippen molar-refractivity contribution in [2.45, 2.75) is 12.5 Å². The van der Waals surface area contributed by atoms with Crippen LogP contribution in [-0.2, 0) is 12.5 Å². The maximum Gasteiger partial charge on any atom is 0.281 e. The van der Waals surface area contributed by atoms with E-state index in [4.69, 9.17) is 27.9 Å². The summed E-state index contributed by atoms with van der Waals surface area (Å²) in [4.78, 5) is 12.8. The van der Waals surface area contributed by atoms with Gasteiger partial charge in [0.15, 0.2) is 5.69 Å². The van der Waals surface area contributed by atoms with Crippen molar-refractivity contribution in [1.82, 2.24) is 14.8 Å². The second kappa shape index (κ2) is 9.12. The first-order chi connectivity index (χ1) is 13.1. The van der Waals surface area contributed by atoms with Crippen LogP contribution in [0, 0.1) is 0 Å². The Morgan fingerprint density at radius 2 is 1.89 bits per heavy atom. The normalized spacial score (nSPS) is 10.6. The average molecular weight is 423 g/mol. The fourth-order valence-electron chi connectivity index (χ4n) is 2.27. The summed E-state index contributed by atoms with van der Waals surface area (Å²) in [5.41, 5.74) is 0.671. The highest BCUT2D eigenvalue weighted by Gasteiger charge is 2.13. The molecule has 2 aromatic carbocycles. The molecule has 140 valence electrons. The lowest BCUT2D eigenvalue weighted by Crippen LogP contribution is -2.29. The molecular weight excluding hydrogens is 407 g/mol. The first kappa shape index (κ1) is 19.5. The van der Waals surface area contributed by atoms with E-state index in [1.165, 1.54) is 16.3 Å². The fourth-order valence-corrected chi connectivity index (χ4v) is 3.08. The lowest BCUT2D eigenvalue weighted by molar-refractivity contribution is 0.296. The largest absolute Gasteiger partial charge is 0.487 e. The number of rotatable bonds is 7. The fraction of sp³-hybridized carbons (Fsp3) is 0.167. The van der Waals surface area contributed by atoms with Gasteiger partial charge in [0.1, 0.15) is 12.4 Å². The number of hydrogen-bond acceptors (Lipinski definition) is 6. The Morgan fingerprint density at radius 1 is 1.11 bits per heavy atom. The maximum absolute atomic E-state index is 12.8. The number of nitrogens with one attached hydrogen (secondary N) is 1. The highest BCUT2D eigenvalue weighted by atomic mass is 35.5. The zero-order chi connectivity index (χ0) is 19.2. The van der Waals surface area contributed by atoms with Crippen LogP contribution in [0.1, 0.15) is 5.69 Å². The molecule has 0 aliphatic carbocycles. The van der Waals surface area contributed by atoms with Gasteiger partial charge in [-0.25, -0.2) is 0 Å². The number of halogens is 2. The van der Waals surface area contributed by atoms with Gasteiger partial charge in [0.2, 0.25) is 5.95 Å². The van der Waals surface area contributed by atoms with Gasteiger partial charge in [0.25, 0.3) is 5.56 Å². The number of ether oxygens (including phenoxy) is 1. The van der Waals surface area contributed by atoms with Crippen LogP contribution in [0.2, 0.25) is 10.0 Å². The third-order valence-electron chi connectivity index (χ3n) is 3.54. The molecule has 0 saturated heterocycles. The molecule has 0 saturated carbocycles. The summed E-state index contributed by atoms with van der Waals surface area (Å²) in [6.07, 6.45) is 1.90. The van der Waals surface area contributed by atoms with Crippen LogP contribution in [0.4, 0.5) is 11.6 Å². The Kier molecular flexibility index (Phi) is 6.60. The van der Waals surface area contributed by atoms with Crippen LogP contribution in [0.3, 0.4) is 0 Å². The predicted octanol–water partition coefficient (Wildman–Crippen LogP) is 4.59. The van der Waals surface area contributed by atoms with Gasteiger partial charge in [0.05, 0.1) is 5.88 Å². The van der Waals surface area contributed by atoms with Gasteiger partial charge in [-0.3, -0.25) is 9.36 Å². The van der Waals surface area contributed by atoms with E-state index in [0.717, 1.165) is 5.69 Å². The second-order valence-corrected chi connectivity index (χ2v) is 7.21. The minimum Gasteiger partial charge on any atom is -0.487 e. The Balaban J connectivity index is 1.83. The standard InChI is InChI=1S/C18H16Cl2N4O2S/c1-27-11-24-17(25)16(10-26-15-7-5-12(19)6-8-15)22-23-18(24)21-14-4-2-3-13(20)9-14/h2-9H,10-11H2,1H3,(H,21,23). The zero-order valence-corrected chi connectivity index (χ0v) is 16.7. The highest BCUT2D eigenvalue weighted by molar-refractivity contribution is 7.97. The molecule has 1 heterocycles. The minimum atomic E-state index is -0.266. The lowest BCUT2D eigenvalue weighted by atomic mass is 10.3. The molecule has 0 fully saturated rings. The van der Waals surface area contributed by atoms with Crippen LogP contribution < -0.4 is 15.6 Å². The summed E-state index contributed by atoms with van der Waals surface area (Å²) in [6.45, 7) is 0.0132. The van der Waals surface area contributed by atoms with Crippen LogP contribution in [0.5, 0.6) is 5.75 Å². The first-order valence-electron chi connectivity index (χ1n) is 7.93. The van der Waals surface area contributed by atoms with E-state index in [9.17, 15) is 4.79 Å². The van der Waals surface area contributed by atoms with Crippen molar-refractivity contribution in [3.63, 3.8) is 0 Å². The summed E-state index contributed by atoms with van der Waals surface area (Å²) < 4.78 is 7.13. The molecule has 0 amide bonds. The van der Waals surface area contributed by atoms with Gasteiger partial charge in [-0.2, -0.15) is 0 Å². The number of aromatic nitrogens is 3. The topological polar surface area (TPSA) is 69.0 Å². The van der Waals surface area contributed by atoms with Gasteiger partial charge in [0, 0.05) is 15.7 Å². The number of nitrogens with zero attached hydrogens (tertiary/aromatic N) is 3. The smallest absolute Gasteiger partial charge is 0.281 e. The molecule has 0 bridgehead atoms.